The summed E-state index contributed by atoms with van der Waals surface area (Å²) < 4.78 is 19.2. The van der Waals surface area contributed by atoms with Crippen molar-refractivity contribution in [3.8, 4) is 17.2 Å². The quantitative estimate of drug-likeness (QED) is 0.870. The van der Waals surface area contributed by atoms with Gasteiger partial charge in [0.05, 0.1) is 32.3 Å². The first-order chi connectivity index (χ1) is 12.8. The summed E-state index contributed by atoms with van der Waals surface area (Å²) in [6.07, 6.45) is 5.76. The largest absolute Gasteiger partial charge is 0.492 e. The number of tetrazole rings is 1. The van der Waals surface area contributed by atoms with Crippen LogP contribution in [0.2, 0.25) is 0 Å². The molecule has 2 atom stereocenters. The van der Waals surface area contributed by atoms with Crippen LogP contribution in [0.5, 0.6) is 17.2 Å². The zero-order valence-electron chi connectivity index (χ0n) is 15.2. The fraction of sp³-hybridized carbons (Fsp3) is 0.611. The maximum Gasteiger partial charge on any atom is 0.231 e. The van der Waals surface area contributed by atoms with Gasteiger partial charge in [0.1, 0.15) is 0 Å². The highest BCUT2D eigenvalue weighted by atomic mass is 16.7. The number of aromatic nitrogens is 4. The van der Waals surface area contributed by atoms with Crippen LogP contribution in [0.25, 0.3) is 0 Å². The Morgan fingerprint density at radius 1 is 1.27 bits per heavy atom. The molecule has 0 radical (unpaired) electrons. The lowest BCUT2D eigenvalue weighted by Gasteiger charge is -2.32. The van der Waals surface area contributed by atoms with Gasteiger partial charge in [0, 0.05) is 6.42 Å². The van der Waals surface area contributed by atoms with Gasteiger partial charge in [-0.3, -0.25) is 0 Å². The lowest BCUT2D eigenvalue weighted by molar-refractivity contribution is -0.909. The molecule has 3 aliphatic rings. The number of quaternary nitrogens is 1. The molecule has 3 heterocycles. The zero-order valence-corrected chi connectivity index (χ0v) is 15.2. The Morgan fingerprint density at radius 2 is 2.12 bits per heavy atom. The summed E-state index contributed by atoms with van der Waals surface area (Å²) in [5, 5.41) is 12.8. The van der Waals surface area contributed by atoms with Crippen LogP contribution in [0.4, 0.5) is 0 Å². The van der Waals surface area contributed by atoms with E-state index in [0.717, 1.165) is 48.7 Å². The molecule has 1 N–H and O–H groups in total. The molecule has 5 rings (SSSR count). The number of rotatable bonds is 3. The van der Waals surface area contributed by atoms with Crippen LogP contribution in [-0.2, 0) is 6.42 Å². The molecule has 1 fully saturated rings. The highest BCUT2D eigenvalue weighted by molar-refractivity contribution is 5.62. The fourth-order valence-electron chi connectivity index (χ4n) is 4.67. The summed E-state index contributed by atoms with van der Waals surface area (Å²) in [6.45, 7) is 1.25. The average Bonchev–Trinajstić information content (AvgIpc) is 3.39. The van der Waals surface area contributed by atoms with Crippen molar-refractivity contribution < 1.29 is 19.1 Å². The molecule has 1 aromatic carbocycles. The molecular formula is C18H24N5O3+. The van der Waals surface area contributed by atoms with E-state index in [2.05, 4.69) is 33.3 Å². The number of hydrogen-bond donors (Lipinski definition) is 1. The molecule has 26 heavy (non-hydrogen) atoms. The summed E-state index contributed by atoms with van der Waals surface area (Å²) in [5.74, 6) is 3.16. The molecule has 0 spiro atoms. The van der Waals surface area contributed by atoms with Crippen LogP contribution in [0.15, 0.2) is 6.07 Å². The highest BCUT2D eigenvalue weighted by Gasteiger charge is 2.41. The van der Waals surface area contributed by atoms with Crippen molar-refractivity contribution in [2.75, 3.05) is 27.5 Å². The molecule has 1 unspecified atom stereocenters. The van der Waals surface area contributed by atoms with Crippen molar-refractivity contribution in [1.29, 1.82) is 0 Å². The van der Waals surface area contributed by atoms with E-state index in [-0.39, 0.29) is 12.8 Å². The van der Waals surface area contributed by atoms with E-state index in [1.54, 1.807) is 7.11 Å². The highest BCUT2D eigenvalue weighted by Crippen LogP contribution is 2.48. The minimum Gasteiger partial charge on any atom is -0.492 e. The molecule has 0 saturated heterocycles. The van der Waals surface area contributed by atoms with Gasteiger partial charge in [0.15, 0.2) is 17.5 Å². The van der Waals surface area contributed by atoms with Crippen molar-refractivity contribution in [1.82, 2.24) is 20.2 Å². The number of likely N-dealkylation sites (N-methyl/N-ethyl adjacent to an activating group) is 1. The van der Waals surface area contributed by atoms with E-state index in [0.29, 0.717) is 11.8 Å². The SMILES string of the molecule is COc1c2c(cc3c1[C@H](c1nnnn1C1CCCC1)[NH+](C)CC3)OCO2. The molecule has 1 aliphatic carbocycles. The molecule has 138 valence electrons. The second-order valence-electron chi connectivity index (χ2n) is 7.42. The molecular weight excluding hydrogens is 334 g/mol. The summed E-state index contributed by atoms with van der Waals surface area (Å²) in [5.41, 5.74) is 2.37. The van der Waals surface area contributed by atoms with Crippen LogP contribution in [0.3, 0.4) is 0 Å². The molecule has 8 heteroatoms. The third kappa shape index (κ3) is 2.28. The van der Waals surface area contributed by atoms with Gasteiger partial charge in [-0.1, -0.05) is 12.8 Å². The molecule has 1 aromatic heterocycles. The van der Waals surface area contributed by atoms with E-state index in [1.165, 1.54) is 23.3 Å². The second-order valence-corrected chi connectivity index (χ2v) is 7.42. The van der Waals surface area contributed by atoms with Crippen molar-refractivity contribution in [3.05, 3.63) is 23.0 Å². The normalized spacial score (nSPS) is 24.7. The standard InChI is InChI=1S/C18H23N5O3/c1-22-8-7-11-9-13-16(26-10-25-13)17(24-2)14(11)15(22)18-19-20-21-23(18)12-5-3-4-6-12/h9,12,15H,3-8,10H2,1-2H3/p+1/t15-/m1/s1. The van der Waals surface area contributed by atoms with Gasteiger partial charge < -0.3 is 19.1 Å². The first-order valence-corrected chi connectivity index (χ1v) is 9.37. The molecule has 2 aromatic rings. The van der Waals surface area contributed by atoms with Gasteiger partial charge in [0.2, 0.25) is 18.4 Å². The smallest absolute Gasteiger partial charge is 0.231 e. The number of methoxy groups -OCH3 is 1. The molecule has 1 saturated carbocycles. The van der Waals surface area contributed by atoms with Crippen molar-refractivity contribution in [2.24, 2.45) is 0 Å². The molecule has 2 aliphatic heterocycles. The number of benzene rings is 1. The van der Waals surface area contributed by atoms with Crippen LogP contribution in [0, 0.1) is 0 Å². The Kier molecular flexibility index (Phi) is 3.74. The van der Waals surface area contributed by atoms with Crippen LogP contribution >= 0.6 is 0 Å². The van der Waals surface area contributed by atoms with E-state index in [1.807, 2.05) is 0 Å². The van der Waals surface area contributed by atoms with E-state index in [4.69, 9.17) is 14.2 Å². The molecule has 0 amide bonds. The van der Waals surface area contributed by atoms with E-state index < -0.39 is 0 Å². The molecule has 8 nitrogen and oxygen atoms in total. The van der Waals surface area contributed by atoms with Gasteiger partial charge >= 0.3 is 0 Å². The maximum absolute atomic E-state index is 5.80. The average molecular weight is 358 g/mol. The predicted octanol–water partition coefficient (Wildman–Crippen LogP) is 0.686. The van der Waals surface area contributed by atoms with Crippen LogP contribution in [-0.4, -0.2) is 47.7 Å². The Bertz CT molecular complexity index is 830. The monoisotopic (exact) mass is 358 g/mol. The third-order valence-corrected chi connectivity index (χ3v) is 5.96. The van der Waals surface area contributed by atoms with Gasteiger partial charge in [-0.15, -0.1) is 5.10 Å². The van der Waals surface area contributed by atoms with Gasteiger partial charge in [-0.2, -0.15) is 0 Å². The van der Waals surface area contributed by atoms with Gasteiger partial charge in [-0.05, 0) is 34.9 Å². The zero-order chi connectivity index (χ0) is 17.7. The minimum atomic E-state index is 0.0267. The second kappa shape index (κ2) is 6.12. The number of nitrogens with zero attached hydrogens (tertiary/aromatic N) is 4. The Balaban J connectivity index is 1.67. The third-order valence-electron chi connectivity index (χ3n) is 5.96. The summed E-state index contributed by atoms with van der Waals surface area (Å²) in [6, 6.07) is 2.53. The topological polar surface area (TPSA) is 75.7 Å². The van der Waals surface area contributed by atoms with Crippen LogP contribution < -0.4 is 19.1 Å². The predicted molar refractivity (Wildman–Crippen MR) is 91.7 cm³/mol. The number of hydrogen-bond acceptors (Lipinski definition) is 6. The van der Waals surface area contributed by atoms with Crippen molar-refractivity contribution >= 4 is 0 Å². The van der Waals surface area contributed by atoms with E-state index >= 15 is 0 Å². The van der Waals surface area contributed by atoms with Gasteiger partial charge in [0.25, 0.3) is 0 Å². The summed E-state index contributed by atoms with van der Waals surface area (Å²) in [7, 11) is 3.89. The maximum atomic E-state index is 5.80. The van der Waals surface area contributed by atoms with Crippen molar-refractivity contribution in [3.63, 3.8) is 0 Å². The first-order valence-electron chi connectivity index (χ1n) is 9.37. The Morgan fingerprint density at radius 3 is 2.92 bits per heavy atom. The minimum absolute atomic E-state index is 0.0267. The number of ether oxygens (including phenoxy) is 3. The Labute approximate surface area is 152 Å². The summed E-state index contributed by atoms with van der Waals surface area (Å²) in [4.78, 5) is 1.36. The summed E-state index contributed by atoms with van der Waals surface area (Å²) >= 11 is 0. The number of fused-ring (bicyclic) bond motifs is 2. The Hall–Kier alpha value is -2.35. The fourth-order valence-corrected chi connectivity index (χ4v) is 4.67. The van der Waals surface area contributed by atoms with Gasteiger partial charge in [-0.25, -0.2) is 4.68 Å². The number of nitrogens with one attached hydrogen (secondary N) is 1. The van der Waals surface area contributed by atoms with Crippen LogP contribution in [0.1, 0.15) is 54.7 Å². The lowest BCUT2D eigenvalue weighted by Crippen LogP contribution is -3.10. The first kappa shape index (κ1) is 15.9. The lowest BCUT2D eigenvalue weighted by atomic mass is 9.90. The van der Waals surface area contributed by atoms with E-state index in [9.17, 15) is 0 Å². The van der Waals surface area contributed by atoms with Crippen molar-refractivity contribution in [2.45, 2.75) is 44.2 Å². The molecule has 0 bridgehead atoms.